The summed E-state index contributed by atoms with van der Waals surface area (Å²) >= 11 is 0. The first kappa shape index (κ1) is 15.5. The summed E-state index contributed by atoms with van der Waals surface area (Å²) in [5.74, 6) is 2.50. The van der Waals surface area contributed by atoms with Gasteiger partial charge in [-0.25, -0.2) is 0 Å². The quantitative estimate of drug-likeness (QED) is 0.630. The molecule has 0 saturated carbocycles. The third-order valence-electron chi connectivity index (χ3n) is 2.67. The molecule has 0 spiro atoms. The van der Waals surface area contributed by atoms with Crippen molar-refractivity contribution in [3.8, 4) is 12.3 Å². The van der Waals surface area contributed by atoms with Gasteiger partial charge in [0.05, 0.1) is 12.1 Å². The summed E-state index contributed by atoms with van der Waals surface area (Å²) in [4.78, 5) is 1.92. The average Bonchev–Trinajstić information content (AvgIpc) is 2.34. The zero-order valence-electron chi connectivity index (χ0n) is 10.8. The van der Waals surface area contributed by atoms with E-state index in [9.17, 15) is 13.2 Å². The second-order valence-corrected chi connectivity index (χ2v) is 4.27. The molecule has 5 heteroatoms. The standard InChI is InChI=1S/C14H17F3N2/c1-3-9-19(2)10-8-18-11-12-6-4-5-7-13(12)14(15,16)17/h1,4-7,18H,8-11H2,2H3. The van der Waals surface area contributed by atoms with E-state index in [0.717, 1.165) is 6.07 Å². The van der Waals surface area contributed by atoms with Crippen LogP contribution in [0.25, 0.3) is 0 Å². The Morgan fingerprint density at radius 1 is 1.32 bits per heavy atom. The van der Waals surface area contributed by atoms with Gasteiger partial charge in [0.15, 0.2) is 0 Å². The molecule has 0 aliphatic carbocycles. The van der Waals surface area contributed by atoms with E-state index in [2.05, 4.69) is 11.2 Å². The highest BCUT2D eigenvalue weighted by atomic mass is 19.4. The summed E-state index contributed by atoms with van der Waals surface area (Å²) in [6, 6.07) is 5.59. The SMILES string of the molecule is C#CCN(C)CCNCc1ccccc1C(F)(F)F. The predicted octanol–water partition coefficient (Wildman–Crippen LogP) is 2.36. The fourth-order valence-electron chi connectivity index (χ4n) is 1.68. The molecule has 19 heavy (non-hydrogen) atoms. The number of nitrogens with zero attached hydrogens (tertiary/aromatic N) is 1. The number of nitrogens with one attached hydrogen (secondary N) is 1. The second-order valence-electron chi connectivity index (χ2n) is 4.27. The minimum Gasteiger partial charge on any atom is -0.311 e. The van der Waals surface area contributed by atoms with Crippen LogP contribution in [-0.2, 0) is 12.7 Å². The Balaban J connectivity index is 2.48. The number of benzene rings is 1. The molecule has 0 bridgehead atoms. The van der Waals surface area contributed by atoms with Crippen molar-refractivity contribution in [3.05, 3.63) is 35.4 Å². The number of terminal acetylenes is 1. The van der Waals surface area contributed by atoms with Gasteiger partial charge in [-0.1, -0.05) is 24.1 Å². The van der Waals surface area contributed by atoms with Crippen LogP contribution in [0.1, 0.15) is 11.1 Å². The van der Waals surface area contributed by atoms with Gasteiger partial charge in [0.25, 0.3) is 0 Å². The zero-order chi connectivity index (χ0) is 14.3. The summed E-state index contributed by atoms with van der Waals surface area (Å²) in [7, 11) is 1.87. The van der Waals surface area contributed by atoms with E-state index in [-0.39, 0.29) is 12.1 Å². The average molecular weight is 270 g/mol. The van der Waals surface area contributed by atoms with Gasteiger partial charge in [-0.15, -0.1) is 6.42 Å². The fourth-order valence-corrected chi connectivity index (χ4v) is 1.68. The minimum absolute atomic E-state index is 0.194. The lowest BCUT2D eigenvalue weighted by Gasteiger charge is -2.15. The topological polar surface area (TPSA) is 15.3 Å². The first-order chi connectivity index (χ1) is 8.95. The maximum atomic E-state index is 12.7. The van der Waals surface area contributed by atoms with E-state index in [0.29, 0.717) is 19.6 Å². The maximum Gasteiger partial charge on any atom is 0.416 e. The second kappa shape index (κ2) is 7.17. The lowest BCUT2D eigenvalue weighted by Crippen LogP contribution is -2.29. The van der Waals surface area contributed by atoms with Crippen LogP contribution in [0, 0.1) is 12.3 Å². The van der Waals surface area contributed by atoms with Crippen molar-refractivity contribution < 1.29 is 13.2 Å². The molecule has 1 N–H and O–H groups in total. The molecule has 0 aliphatic heterocycles. The molecular formula is C14H17F3N2. The highest BCUT2D eigenvalue weighted by molar-refractivity contribution is 5.29. The maximum absolute atomic E-state index is 12.7. The van der Waals surface area contributed by atoms with Crippen LogP contribution in [0.15, 0.2) is 24.3 Å². The van der Waals surface area contributed by atoms with E-state index in [1.54, 1.807) is 6.07 Å². The Morgan fingerprint density at radius 3 is 2.63 bits per heavy atom. The van der Waals surface area contributed by atoms with Gasteiger partial charge in [0.2, 0.25) is 0 Å². The summed E-state index contributed by atoms with van der Waals surface area (Å²) in [6.45, 7) is 2.00. The minimum atomic E-state index is -4.31. The van der Waals surface area contributed by atoms with Gasteiger partial charge in [0.1, 0.15) is 0 Å². The molecule has 1 rings (SSSR count). The van der Waals surface area contributed by atoms with Crippen LogP contribution in [-0.4, -0.2) is 31.6 Å². The van der Waals surface area contributed by atoms with Crippen molar-refractivity contribution in [2.24, 2.45) is 0 Å². The van der Waals surface area contributed by atoms with Crippen molar-refractivity contribution in [3.63, 3.8) is 0 Å². The fraction of sp³-hybridized carbons (Fsp3) is 0.429. The van der Waals surface area contributed by atoms with Crippen LogP contribution >= 0.6 is 0 Å². The highest BCUT2D eigenvalue weighted by Crippen LogP contribution is 2.31. The molecule has 104 valence electrons. The molecule has 0 atom stereocenters. The Hall–Kier alpha value is -1.51. The van der Waals surface area contributed by atoms with Crippen molar-refractivity contribution in [2.75, 3.05) is 26.7 Å². The Morgan fingerprint density at radius 2 is 2.00 bits per heavy atom. The number of rotatable bonds is 6. The van der Waals surface area contributed by atoms with Crippen LogP contribution in [0.2, 0.25) is 0 Å². The Labute approximate surface area is 111 Å². The third-order valence-corrected chi connectivity index (χ3v) is 2.67. The summed E-state index contributed by atoms with van der Waals surface area (Å²) in [5, 5.41) is 2.99. The Kier molecular flexibility index (Phi) is 5.87. The molecule has 0 amide bonds. The summed E-state index contributed by atoms with van der Waals surface area (Å²) in [5.41, 5.74) is -0.325. The lowest BCUT2D eigenvalue weighted by molar-refractivity contribution is -0.138. The predicted molar refractivity (Wildman–Crippen MR) is 69.5 cm³/mol. The monoisotopic (exact) mass is 270 g/mol. The summed E-state index contributed by atoms with van der Waals surface area (Å²) < 4.78 is 38.2. The first-order valence-electron chi connectivity index (χ1n) is 5.93. The normalized spacial score (nSPS) is 11.6. The van der Waals surface area contributed by atoms with Crippen LogP contribution < -0.4 is 5.32 Å². The molecule has 0 radical (unpaired) electrons. The van der Waals surface area contributed by atoms with Crippen molar-refractivity contribution >= 4 is 0 Å². The van der Waals surface area contributed by atoms with Gasteiger partial charge in [-0.2, -0.15) is 13.2 Å². The number of hydrogen-bond donors (Lipinski definition) is 1. The smallest absolute Gasteiger partial charge is 0.311 e. The molecular weight excluding hydrogens is 253 g/mol. The van der Waals surface area contributed by atoms with Crippen molar-refractivity contribution in [1.29, 1.82) is 0 Å². The molecule has 0 aromatic heterocycles. The molecule has 1 aromatic carbocycles. The van der Waals surface area contributed by atoms with Gasteiger partial charge in [-0.3, -0.25) is 4.90 Å². The molecule has 0 unspecified atom stereocenters. The van der Waals surface area contributed by atoms with E-state index in [1.807, 2.05) is 11.9 Å². The number of halogens is 3. The van der Waals surface area contributed by atoms with Gasteiger partial charge >= 0.3 is 6.18 Å². The third kappa shape index (κ3) is 5.33. The summed E-state index contributed by atoms with van der Waals surface area (Å²) in [6.07, 6.45) is 0.848. The van der Waals surface area contributed by atoms with Crippen LogP contribution in [0.3, 0.4) is 0 Å². The number of alkyl halides is 3. The molecule has 0 fully saturated rings. The highest BCUT2D eigenvalue weighted by Gasteiger charge is 2.32. The van der Waals surface area contributed by atoms with Crippen molar-refractivity contribution in [2.45, 2.75) is 12.7 Å². The lowest BCUT2D eigenvalue weighted by atomic mass is 10.1. The molecule has 1 aromatic rings. The van der Waals surface area contributed by atoms with E-state index in [4.69, 9.17) is 6.42 Å². The first-order valence-corrected chi connectivity index (χ1v) is 5.93. The largest absolute Gasteiger partial charge is 0.416 e. The van der Waals surface area contributed by atoms with E-state index < -0.39 is 11.7 Å². The zero-order valence-corrected chi connectivity index (χ0v) is 10.8. The Bertz CT molecular complexity index is 435. The molecule has 0 aliphatic rings. The van der Waals surface area contributed by atoms with Gasteiger partial charge < -0.3 is 5.32 Å². The molecule has 0 saturated heterocycles. The van der Waals surface area contributed by atoms with Crippen molar-refractivity contribution in [1.82, 2.24) is 10.2 Å². The van der Waals surface area contributed by atoms with Crippen LogP contribution in [0.5, 0.6) is 0 Å². The number of hydrogen-bond acceptors (Lipinski definition) is 2. The van der Waals surface area contributed by atoms with E-state index in [1.165, 1.54) is 12.1 Å². The van der Waals surface area contributed by atoms with Gasteiger partial charge in [-0.05, 0) is 18.7 Å². The number of likely N-dealkylation sites (N-methyl/N-ethyl adjacent to an activating group) is 1. The van der Waals surface area contributed by atoms with Crippen LogP contribution in [0.4, 0.5) is 13.2 Å². The molecule has 2 nitrogen and oxygen atoms in total. The van der Waals surface area contributed by atoms with Gasteiger partial charge in [0, 0.05) is 19.6 Å². The van der Waals surface area contributed by atoms with E-state index >= 15 is 0 Å². The molecule has 0 heterocycles.